The first kappa shape index (κ1) is 16.1. The summed E-state index contributed by atoms with van der Waals surface area (Å²) in [4.78, 5) is 3.45. The molecule has 0 amide bonds. The standard InChI is InChI=1S/C17H17ClN2O2S2/c18-14-3-4-15-13(10-14)11-16(19-15)12-5-7-20(8-6-12)24(21,22)17-2-1-9-23-17/h1-4,9-12,19H,5-8H2. The lowest BCUT2D eigenvalue weighted by Crippen LogP contribution is -2.37. The van der Waals surface area contributed by atoms with Gasteiger partial charge in [0.1, 0.15) is 4.21 Å². The minimum Gasteiger partial charge on any atom is -0.358 e. The van der Waals surface area contributed by atoms with Gasteiger partial charge in [-0.1, -0.05) is 17.7 Å². The van der Waals surface area contributed by atoms with E-state index in [4.69, 9.17) is 11.6 Å². The number of benzene rings is 1. The number of hydrogen-bond acceptors (Lipinski definition) is 3. The van der Waals surface area contributed by atoms with E-state index in [0.29, 0.717) is 23.2 Å². The Morgan fingerprint density at radius 2 is 1.96 bits per heavy atom. The van der Waals surface area contributed by atoms with Crippen LogP contribution in [0.4, 0.5) is 0 Å². The fourth-order valence-corrected chi connectivity index (χ4v) is 6.09. The predicted octanol–water partition coefficient (Wildman–Crippen LogP) is 4.45. The molecule has 0 spiro atoms. The van der Waals surface area contributed by atoms with E-state index in [9.17, 15) is 8.42 Å². The third-order valence-corrected chi connectivity index (χ3v) is 8.09. The van der Waals surface area contributed by atoms with Crippen LogP contribution in [-0.2, 0) is 10.0 Å². The summed E-state index contributed by atoms with van der Waals surface area (Å²) in [6.45, 7) is 1.11. The molecule has 7 heteroatoms. The number of aromatic nitrogens is 1. The molecular formula is C17H17ClN2O2S2. The van der Waals surface area contributed by atoms with Crippen molar-refractivity contribution in [1.82, 2.24) is 9.29 Å². The molecule has 1 saturated heterocycles. The van der Waals surface area contributed by atoms with Crippen molar-refractivity contribution in [3.8, 4) is 0 Å². The van der Waals surface area contributed by atoms with Gasteiger partial charge < -0.3 is 4.98 Å². The number of halogens is 1. The molecule has 1 aliphatic heterocycles. The number of piperidine rings is 1. The summed E-state index contributed by atoms with van der Waals surface area (Å²) in [7, 11) is -3.33. The first-order valence-electron chi connectivity index (χ1n) is 7.86. The molecule has 0 atom stereocenters. The number of H-pyrrole nitrogens is 1. The van der Waals surface area contributed by atoms with E-state index in [-0.39, 0.29) is 0 Å². The van der Waals surface area contributed by atoms with Crippen molar-refractivity contribution in [1.29, 1.82) is 0 Å². The smallest absolute Gasteiger partial charge is 0.252 e. The normalized spacial score (nSPS) is 17.5. The molecule has 0 bridgehead atoms. The maximum absolute atomic E-state index is 12.6. The summed E-state index contributed by atoms with van der Waals surface area (Å²) in [5, 5.41) is 3.63. The molecule has 1 fully saturated rings. The molecule has 0 aliphatic carbocycles. The zero-order valence-corrected chi connectivity index (χ0v) is 15.3. The van der Waals surface area contributed by atoms with Crippen LogP contribution in [0.1, 0.15) is 24.5 Å². The number of hydrogen-bond donors (Lipinski definition) is 1. The zero-order chi connectivity index (χ0) is 16.7. The first-order valence-corrected chi connectivity index (χ1v) is 10.6. The van der Waals surface area contributed by atoms with Gasteiger partial charge in [0.25, 0.3) is 10.0 Å². The lowest BCUT2D eigenvalue weighted by molar-refractivity contribution is 0.318. The van der Waals surface area contributed by atoms with Gasteiger partial charge in [-0.15, -0.1) is 11.3 Å². The number of thiophene rings is 1. The van der Waals surface area contributed by atoms with Crippen LogP contribution < -0.4 is 0 Å². The molecule has 0 radical (unpaired) electrons. The maximum Gasteiger partial charge on any atom is 0.252 e. The summed E-state index contributed by atoms with van der Waals surface area (Å²) in [5.74, 6) is 0.353. The number of aromatic amines is 1. The summed E-state index contributed by atoms with van der Waals surface area (Å²) < 4.78 is 27.2. The van der Waals surface area contributed by atoms with E-state index < -0.39 is 10.0 Å². The fraction of sp³-hybridized carbons (Fsp3) is 0.294. The van der Waals surface area contributed by atoms with Crippen molar-refractivity contribution in [2.75, 3.05) is 13.1 Å². The molecule has 24 heavy (non-hydrogen) atoms. The van der Waals surface area contributed by atoms with Crippen LogP contribution in [0.2, 0.25) is 5.02 Å². The van der Waals surface area contributed by atoms with E-state index in [1.54, 1.807) is 21.8 Å². The molecule has 0 unspecified atom stereocenters. The Morgan fingerprint density at radius 1 is 1.17 bits per heavy atom. The molecule has 1 aromatic carbocycles. The first-order chi connectivity index (χ1) is 11.5. The molecule has 0 saturated carbocycles. The van der Waals surface area contributed by atoms with Crippen molar-refractivity contribution >= 4 is 43.9 Å². The number of nitrogens with zero attached hydrogens (tertiary/aromatic N) is 1. The molecular weight excluding hydrogens is 364 g/mol. The van der Waals surface area contributed by atoms with Gasteiger partial charge in [0.15, 0.2) is 0 Å². The van der Waals surface area contributed by atoms with Crippen LogP contribution in [0.3, 0.4) is 0 Å². The molecule has 4 rings (SSSR count). The highest BCUT2D eigenvalue weighted by Crippen LogP contribution is 2.33. The average molecular weight is 381 g/mol. The van der Waals surface area contributed by atoms with Gasteiger partial charge >= 0.3 is 0 Å². The van der Waals surface area contributed by atoms with Crippen LogP contribution >= 0.6 is 22.9 Å². The van der Waals surface area contributed by atoms with Crippen LogP contribution in [0, 0.1) is 0 Å². The Labute approximate surface area is 150 Å². The van der Waals surface area contributed by atoms with Crippen molar-refractivity contribution in [3.05, 3.63) is 52.5 Å². The molecule has 3 heterocycles. The van der Waals surface area contributed by atoms with Crippen LogP contribution in [-0.4, -0.2) is 30.8 Å². The summed E-state index contributed by atoms with van der Waals surface area (Å²) in [6.07, 6.45) is 1.65. The molecule has 126 valence electrons. The number of sulfonamides is 1. The summed E-state index contributed by atoms with van der Waals surface area (Å²) in [6, 6.07) is 11.4. The van der Waals surface area contributed by atoms with Crippen LogP contribution in [0.15, 0.2) is 46.0 Å². The Kier molecular flexibility index (Phi) is 4.16. The van der Waals surface area contributed by atoms with Gasteiger partial charge in [-0.3, -0.25) is 0 Å². The van der Waals surface area contributed by atoms with Crippen molar-refractivity contribution in [3.63, 3.8) is 0 Å². The minimum absolute atomic E-state index is 0.353. The van der Waals surface area contributed by atoms with E-state index in [1.165, 1.54) is 17.0 Å². The summed E-state index contributed by atoms with van der Waals surface area (Å²) >= 11 is 7.32. The zero-order valence-electron chi connectivity index (χ0n) is 12.9. The Bertz CT molecular complexity index is 956. The van der Waals surface area contributed by atoms with Crippen LogP contribution in [0.25, 0.3) is 10.9 Å². The number of fused-ring (bicyclic) bond motifs is 1. The molecule has 1 N–H and O–H groups in total. The molecule has 1 aliphatic rings. The van der Waals surface area contributed by atoms with Gasteiger partial charge in [0.2, 0.25) is 0 Å². The number of nitrogens with one attached hydrogen (secondary N) is 1. The van der Waals surface area contributed by atoms with E-state index in [2.05, 4.69) is 11.1 Å². The topological polar surface area (TPSA) is 53.2 Å². The Morgan fingerprint density at radius 3 is 2.67 bits per heavy atom. The van der Waals surface area contributed by atoms with E-state index in [1.807, 2.05) is 18.2 Å². The van der Waals surface area contributed by atoms with Crippen molar-refractivity contribution in [2.24, 2.45) is 0 Å². The number of rotatable bonds is 3. The lowest BCUT2D eigenvalue weighted by atomic mass is 9.95. The highest BCUT2D eigenvalue weighted by atomic mass is 35.5. The van der Waals surface area contributed by atoms with Crippen molar-refractivity contribution in [2.45, 2.75) is 23.0 Å². The second-order valence-corrected chi connectivity index (χ2v) is 9.62. The Balaban J connectivity index is 1.51. The highest BCUT2D eigenvalue weighted by molar-refractivity contribution is 7.91. The third kappa shape index (κ3) is 2.88. The van der Waals surface area contributed by atoms with Crippen LogP contribution in [0.5, 0.6) is 0 Å². The van der Waals surface area contributed by atoms with Gasteiger partial charge in [0, 0.05) is 40.6 Å². The van der Waals surface area contributed by atoms with Gasteiger partial charge in [0.05, 0.1) is 0 Å². The quantitative estimate of drug-likeness (QED) is 0.729. The fourth-order valence-electron chi connectivity index (χ4n) is 3.29. The summed E-state index contributed by atoms with van der Waals surface area (Å²) in [5.41, 5.74) is 2.24. The second-order valence-electron chi connectivity index (χ2n) is 6.07. The van der Waals surface area contributed by atoms with Gasteiger partial charge in [-0.2, -0.15) is 4.31 Å². The SMILES string of the molecule is O=S(=O)(c1cccs1)N1CCC(c2cc3cc(Cl)ccc3[nH]2)CC1. The maximum atomic E-state index is 12.6. The lowest BCUT2D eigenvalue weighted by Gasteiger charge is -2.30. The van der Waals surface area contributed by atoms with E-state index in [0.717, 1.165) is 28.8 Å². The van der Waals surface area contributed by atoms with E-state index >= 15 is 0 Å². The molecule has 2 aromatic heterocycles. The average Bonchev–Trinajstić information content (AvgIpc) is 3.24. The predicted molar refractivity (Wildman–Crippen MR) is 98.4 cm³/mol. The second kappa shape index (κ2) is 6.19. The van der Waals surface area contributed by atoms with Gasteiger partial charge in [-0.05, 0) is 48.6 Å². The van der Waals surface area contributed by atoms with Gasteiger partial charge in [-0.25, -0.2) is 8.42 Å². The largest absolute Gasteiger partial charge is 0.358 e. The highest BCUT2D eigenvalue weighted by Gasteiger charge is 2.31. The Hall–Kier alpha value is -1.34. The monoisotopic (exact) mass is 380 g/mol. The molecule has 4 nitrogen and oxygen atoms in total. The van der Waals surface area contributed by atoms with Crippen molar-refractivity contribution < 1.29 is 8.42 Å². The molecule has 3 aromatic rings. The minimum atomic E-state index is -3.33. The third-order valence-electron chi connectivity index (χ3n) is 4.59.